The van der Waals surface area contributed by atoms with Crippen molar-refractivity contribution in [1.29, 1.82) is 4.78 Å². The van der Waals surface area contributed by atoms with Crippen molar-refractivity contribution in [1.82, 2.24) is 9.97 Å². The van der Waals surface area contributed by atoms with E-state index in [0.29, 0.717) is 41.8 Å². The Kier molecular flexibility index (Phi) is 7.32. The highest BCUT2D eigenvalue weighted by Gasteiger charge is 2.19. The van der Waals surface area contributed by atoms with Crippen LogP contribution in [0, 0.1) is 11.7 Å². The summed E-state index contributed by atoms with van der Waals surface area (Å²) in [5.74, 6) is 0.209. The number of nitrogens with one attached hydrogen (secondary N) is 2. The number of benzene rings is 1. The number of carbonyl (C=O) groups is 1. The molecule has 1 unspecified atom stereocenters. The van der Waals surface area contributed by atoms with Gasteiger partial charge in [0.1, 0.15) is 5.69 Å². The molecule has 1 aliphatic rings. The topological polar surface area (TPSA) is 117 Å². The predicted molar refractivity (Wildman–Crippen MR) is 136 cm³/mol. The zero-order chi connectivity index (χ0) is 25.0. The maximum Gasteiger partial charge on any atom is 0.255 e. The van der Waals surface area contributed by atoms with Crippen molar-refractivity contribution in [2.45, 2.75) is 18.7 Å². The molecule has 35 heavy (non-hydrogen) atoms. The molecule has 1 aliphatic heterocycles. The smallest absolute Gasteiger partial charge is 0.255 e. The van der Waals surface area contributed by atoms with Gasteiger partial charge in [0.2, 0.25) is 5.88 Å². The molecule has 2 N–H and O–H groups in total. The van der Waals surface area contributed by atoms with Crippen LogP contribution in [0.3, 0.4) is 0 Å². The fourth-order valence-corrected chi connectivity index (χ4v) is 4.53. The van der Waals surface area contributed by atoms with Crippen molar-refractivity contribution in [2.75, 3.05) is 49.4 Å². The monoisotopic (exact) mass is 495 g/mol. The molecule has 0 radical (unpaired) electrons. The molecule has 2 aromatic heterocycles. The van der Waals surface area contributed by atoms with Gasteiger partial charge in [0.25, 0.3) is 5.91 Å². The van der Waals surface area contributed by atoms with E-state index < -0.39 is 9.73 Å². The van der Waals surface area contributed by atoms with Gasteiger partial charge >= 0.3 is 0 Å². The summed E-state index contributed by atoms with van der Waals surface area (Å²) in [5, 5.41) is 2.86. The van der Waals surface area contributed by atoms with Gasteiger partial charge in [-0.1, -0.05) is 6.07 Å². The van der Waals surface area contributed by atoms with Gasteiger partial charge in [-0.3, -0.25) is 9.78 Å². The molecule has 1 atom stereocenters. The number of hydrogen-bond donors (Lipinski definition) is 2. The van der Waals surface area contributed by atoms with Gasteiger partial charge in [-0.15, -0.1) is 0 Å². The van der Waals surface area contributed by atoms with Crippen molar-refractivity contribution in [3.05, 3.63) is 60.0 Å². The Morgan fingerprint density at radius 2 is 1.97 bits per heavy atom. The maximum absolute atomic E-state index is 12.9. The second-order valence-corrected chi connectivity index (χ2v) is 10.4. The number of hydrogen-bond acceptors (Lipinski definition) is 8. The molecule has 0 aliphatic carbocycles. The zero-order valence-electron chi connectivity index (χ0n) is 20.0. The van der Waals surface area contributed by atoms with E-state index >= 15 is 0 Å². The van der Waals surface area contributed by atoms with E-state index in [4.69, 9.17) is 14.3 Å². The molecule has 1 fully saturated rings. The lowest BCUT2D eigenvalue weighted by Crippen LogP contribution is -2.36. The second kappa shape index (κ2) is 10.4. The van der Waals surface area contributed by atoms with Crippen molar-refractivity contribution in [3.8, 4) is 17.0 Å². The van der Waals surface area contributed by atoms with E-state index in [-0.39, 0.29) is 5.91 Å². The fraction of sp³-hybridized carbons (Fsp3) is 0.320. The Morgan fingerprint density at radius 3 is 2.69 bits per heavy atom. The molecule has 0 saturated carbocycles. The van der Waals surface area contributed by atoms with E-state index in [1.807, 2.05) is 26.0 Å². The Balaban J connectivity index is 1.64. The Labute approximate surface area is 205 Å². The van der Waals surface area contributed by atoms with Gasteiger partial charge in [0, 0.05) is 52.8 Å². The second-order valence-electron chi connectivity index (χ2n) is 8.26. The zero-order valence-corrected chi connectivity index (χ0v) is 20.9. The summed E-state index contributed by atoms with van der Waals surface area (Å²) in [5.41, 5.74) is 4.23. The number of rotatable bonds is 7. The molecular weight excluding hydrogens is 466 g/mol. The molecule has 10 heteroatoms. The largest absolute Gasteiger partial charge is 0.476 e. The Hall–Kier alpha value is -3.50. The van der Waals surface area contributed by atoms with Crippen LogP contribution in [0.1, 0.15) is 23.0 Å². The third kappa shape index (κ3) is 5.77. The molecule has 9 nitrogen and oxygen atoms in total. The lowest BCUT2D eigenvalue weighted by Gasteiger charge is -2.30. The van der Waals surface area contributed by atoms with Crippen LogP contribution in [0.5, 0.6) is 5.88 Å². The van der Waals surface area contributed by atoms with Crippen molar-refractivity contribution >= 4 is 27.0 Å². The van der Waals surface area contributed by atoms with Crippen LogP contribution < -0.4 is 15.0 Å². The van der Waals surface area contributed by atoms with Gasteiger partial charge in [-0.2, -0.15) is 0 Å². The predicted octanol–water partition coefficient (Wildman–Crippen LogP) is 3.98. The Bertz CT molecular complexity index is 1340. The van der Waals surface area contributed by atoms with Gasteiger partial charge in [0.15, 0.2) is 0 Å². The first-order valence-corrected chi connectivity index (χ1v) is 13.3. The third-order valence-corrected chi connectivity index (χ3v) is 6.82. The van der Waals surface area contributed by atoms with Crippen LogP contribution in [-0.2, 0) is 14.5 Å². The van der Waals surface area contributed by atoms with Crippen molar-refractivity contribution in [2.24, 2.45) is 0 Å². The van der Waals surface area contributed by atoms with Crippen LogP contribution in [0.15, 0.2) is 53.7 Å². The summed E-state index contributed by atoms with van der Waals surface area (Å²) < 4.78 is 31.1. The number of pyridine rings is 2. The fourth-order valence-electron chi connectivity index (χ4n) is 3.84. The third-order valence-electron chi connectivity index (χ3n) is 5.67. The summed E-state index contributed by atoms with van der Waals surface area (Å²) >= 11 is 0. The number of anilines is 2. The molecule has 3 heterocycles. The number of aryl methyl sites for hydroxylation is 1. The summed E-state index contributed by atoms with van der Waals surface area (Å²) in [6, 6.07) is 10.2. The van der Waals surface area contributed by atoms with Gasteiger partial charge in [-0.25, -0.2) is 14.0 Å². The van der Waals surface area contributed by atoms with Crippen LogP contribution >= 0.6 is 0 Å². The molecule has 1 aromatic carbocycles. The van der Waals surface area contributed by atoms with E-state index in [2.05, 4.69) is 20.2 Å². The minimum atomic E-state index is -2.92. The van der Waals surface area contributed by atoms with Gasteiger partial charge < -0.3 is 19.7 Å². The van der Waals surface area contributed by atoms with Crippen LogP contribution in [0.2, 0.25) is 0 Å². The quantitative estimate of drug-likeness (QED) is 0.509. The van der Waals surface area contributed by atoms with E-state index in [1.165, 1.54) is 12.3 Å². The normalized spacial score (nSPS) is 15.3. The van der Waals surface area contributed by atoms with Gasteiger partial charge in [-0.05, 0) is 44.2 Å². The average molecular weight is 496 g/mol. The number of nitrogens with zero attached hydrogens (tertiary/aromatic N) is 3. The molecule has 1 saturated heterocycles. The average Bonchev–Trinajstić information content (AvgIpc) is 2.86. The van der Waals surface area contributed by atoms with Crippen molar-refractivity contribution in [3.63, 3.8) is 0 Å². The first-order valence-electron chi connectivity index (χ1n) is 11.3. The summed E-state index contributed by atoms with van der Waals surface area (Å²) in [6.07, 6.45) is 4.68. The standard InChI is InChI=1S/C25H29N5O4S/c1-4-34-25-23(30-8-10-33-11-9-30)13-19(15-28-25)22-14-20(16-27-17(22)2)29-24(31)18-6-5-7-21(12-18)35(3,26)32/h5-7,12-16,26H,4,8-11H2,1-3H3,(H,29,31). The van der Waals surface area contributed by atoms with Crippen LogP contribution in [0.4, 0.5) is 11.4 Å². The van der Waals surface area contributed by atoms with E-state index in [9.17, 15) is 9.00 Å². The molecule has 1 amide bonds. The lowest BCUT2D eigenvalue weighted by molar-refractivity contribution is 0.102. The van der Waals surface area contributed by atoms with E-state index in [0.717, 1.165) is 35.6 Å². The summed E-state index contributed by atoms with van der Waals surface area (Å²) in [4.78, 5) is 24.4. The van der Waals surface area contributed by atoms with E-state index in [1.54, 1.807) is 30.6 Å². The molecule has 184 valence electrons. The first kappa shape index (κ1) is 24.6. The number of morpholine rings is 1. The number of carbonyl (C=O) groups excluding carboxylic acids is 1. The minimum Gasteiger partial charge on any atom is -0.476 e. The van der Waals surface area contributed by atoms with Crippen LogP contribution in [-0.4, -0.2) is 59.2 Å². The Morgan fingerprint density at radius 1 is 1.20 bits per heavy atom. The summed E-state index contributed by atoms with van der Waals surface area (Å²) in [7, 11) is -2.92. The first-order chi connectivity index (χ1) is 16.8. The highest BCUT2D eigenvalue weighted by atomic mass is 32.2. The lowest BCUT2D eigenvalue weighted by atomic mass is 10.0. The molecule has 0 spiro atoms. The number of amides is 1. The number of ether oxygens (including phenoxy) is 2. The molecular formula is C25H29N5O4S. The minimum absolute atomic E-state index is 0.309. The van der Waals surface area contributed by atoms with Crippen LogP contribution in [0.25, 0.3) is 11.1 Å². The molecule has 0 bridgehead atoms. The highest BCUT2D eigenvalue weighted by Crippen LogP contribution is 2.33. The molecule has 4 rings (SSSR count). The SMILES string of the molecule is CCOc1ncc(-c2cc(NC(=O)c3cccc(S(C)(=N)=O)c3)cnc2C)cc1N1CCOCC1. The summed E-state index contributed by atoms with van der Waals surface area (Å²) in [6.45, 7) is 7.14. The maximum atomic E-state index is 12.9. The van der Waals surface area contributed by atoms with Crippen molar-refractivity contribution < 1.29 is 18.5 Å². The number of aromatic nitrogens is 2. The molecule has 3 aromatic rings. The highest BCUT2D eigenvalue weighted by molar-refractivity contribution is 7.91. The van der Waals surface area contributed by atoms with Gasteiger partial charge in [0.05, 0.1) is 41.4 Å².